The summed E-state index contributed by atoms with van der Waals surface area (Å²) >= 11 is 0. The molecule has 0 N–H and O–H groups in total. The maximum Gasteiger partial charge on any atom is 0.246 e. The highest BCUT2D eigenvalue weighted by Crippen LogP contribution is 2.32. The van der Waals surface area contributed by atoms with Crippen LogP contribution in [0.1, 0.15) is 24.8 Å². The second-order valence-electron chi connectivity index (χ2n) is 5.60. The number of hydrogen-bond acceptors (Lipinski definition) is 3. The molecule has 2 aliphatic rings. The molecule has 3 rings (SSSR count). The number of nitrogens with zero attached hydrogens (tertiary/aromatic N) is 1. The maximum absolute atomic E-state index is 11.9. The molecular weight excluding hydrogens is 290 g/mol. The molecule has 1 saturated heterocycles. The zero-order valence-corrected chi connectivity index (χ0v) is 13.1. The van der Waals surface area contributed by atoms with Crippen LogP contribution in [0.2, 0.25) is 0 Å². The lowest BCUT2D eigenvalue weighted by Crippen LogP contribution is -2.34. The van der Waals surface area contributed by atoms with Crippen LogP contribution in [-0.2, 0) is 4.79 Å². The van der Waals surface area contributed by atoms with Gasteiger partial charge in [-0.05, 0) is 37.0 Å². The average molecular weight is 311 g/mol. The van der Waals surface area contributed by atoms with Crippen molar-refractivity contribution in [1.82, 2.24) is 4.90 Å². The highest BCUT2D eigenvalue weighted by atomic mass is 16.7. The SMILES string of the molecule is O=C(\C=C/C=C/C=C/c1ccc2c(c1)OCO2)N1CCCCC1. The van der Waals surface area contributed by atoms with Crippen molar-refractivity contribution in [2.24, 2.45) is 0 Å². The van der Waals surface area contributed by atoms with Crippen LogP contribution in [-0.4, -0.2) is 30.7 Å². The molecular formula is C19H21NO3. The molecule has 120 valence electrons. The van der Waals surface area contributed by atoms with E-state index in [0.717, 1.165) is 43.0 Å². The lowest BCUT2D eigenvalue weighted by Gasteiger charge is -2.25. The second kappa shape index (κ2) is 7.68. The standard InChI is InChI=1S/C19H21NO3/c21-19(20-12-6-3-7-13-20)9-5-2-1-4-8-16-10-11-17-18(14-16)23-15-22-17/h1-2,4-5,8-11,14H,3,6-7,12-13,15H2/b2-1+,8-4+,9-5-. The predicted octanol–water partition coefficient (Wildman–Crippen LogP) is 3.55. The first-order valence-electron chi connectivity index (χ1n) is 8.03. The van der Waals surface area contributed by atoms with Crippen LogP contribution in [0.15, 0.2) is 48.6 Å². The van der Waals surface area contributed by atoms with E-state index in [0.29, 0.717) is 0 Å². The topological polar surface area (TPSA) is 38.8 Å². The fraction of sp³-hybridized carbons (Fsp3) is 0.316. The minimum absolute atomic E-state index is 0.106. The van der Waals surface area contributed by atoms with E-state index in [-0.39, 0.29) is 12.7 Å². The first-order valence-corrected chi connectivity index (χ1v) is 8.03. The van der Waals surface area contributed by atoms with E-state index in [4.69, 9.17) is 9.47 Å². The van der Waals surface area contributed by atoms with Crippen molar-refractivity contribution in [2.75, 3.05) is 19.9 Å². The zero-order valence-electron chi connectivity index (χ0n) is 13.1. The zero-order chi connectivity index (χ0) is 15.9. The molecule has 0 radical (unpaired) electrons. The number of carbonyl (C=O) groups excluding carboxylic acids is 1. The van der Waals surface area contributed by atoms with Gasteiger partial charge in [-0.15, -0.1) is 0 Å². The van der Waals surface area contributed by atoms with Crippen LogP contribution in [0.4, 0.5) is 0 Å². The summed E-state index contributed by atoms with van der Waals surface area (Å²) in [5, 5.41) is 0. The van der Waals surface area contributed by atoms with E-state index in [9.17, 15) is 4.79 Å². The number of allylic oxidation sites excluding steroid dienone is 4. The highest BCUT2D eigenvalue weighted by Gasteiger charge is 2.13. The van der Waals surface area contributed by atoms with Crippen molar-refractivity contribution in [3.63, 3.8) is 0 Å². The normalized spacial score (nSPS) is 17.7. The summed E-state index contributed by atoms with van der Waals surface area (Å²) in [4.78, 5) is 13.8. The van der Waals surface area contributed by atoms with Crippen molar-refractivity contribution < 1.29 is 14.3 Å². The van der Waals surface area contributed by atoms with Crippen LogP contribution in [0, 0.1) is 0 Å². The van der Waals surface area contributed by atoms with Crippen molar-refractivity contribution in [3.8, 4) is 11.5 Å². The number of rotatable bonds is 4. The Balaban J connectivity index is 1.48. The Bertz CT molecular complexity index is 640. The number of hydrogen-bond donors (Lipinski definition) is 0. The van der Waals surface area contributed by atoms with Crippen LogP contribution < -0.4 is 9.47 Å². The van der Waals surface area contributed by atoms with Gasteiger partial charge in [-0.2, -0.15) is 0 Å². The molecule has 0 aliphatic carbocycles. The van der Waals surface area contributed by atoms with Gasteiger partial charge < -0.3 is 14.4 Å². The van der Waals surface area contributed by atoms with E-state index >= 15 is 0 Å². The average Bonchev–Trinajstić information content (AvgIpc) is 3.06. The molecule has 2 heterocycles. The number of fused-ring (bicyclic) bond motifs is 1. The lowest BCUT2D eigenvalue weighted by molar-refractivity contribution is -0.126. The summed E-state index contributed by atoms with van der Waals surface area (Å²) in [6.07, 6.45) is 14.6. The van der Waals surface area contributed by atoms with E-state index < -0.39 is 0 Å². The van der Waals surface area contributed by atoms with Gasteiger partial charge in [-0.1, -0.05) is 36.4 Å². The van der Waals surface area contributed by atoms with E-state index in [1.165, 1.54) is 6.42 Å². The second-order valence-corrected chi connectivity index (χ2v) is 5.60. The fourth-order valence-corrected chi connectivity index (χ4v) is 2.67. The third kappa shape index (κ3) is 4.25. The van der Waals surface area contributed by atoms with Gasteiger partial charge in [-0.3, -0.25) is 4.79 Å². The minimum Gasteiger partial charge on any atom is -0.454 e. The largest absolute Gasteiger partial charge is 0.454 e. The van der Waals surface area contributed by atoms with Gasteiger partial charge in [0.15, 0.2) is 11.5 Å². The lowest BCUT2D eigenvalue weighted by atomic mass is 10.1. The van der Waals surface area contributed by atoms with Crippen LogP contribution in [0.3, 0.4) is 0 Å². The molecule has 0 atom stereocenters. The van der Waals surface area contributed by atoms with Gasteiger partial charge in [0, 0.05) is 19.2 Å². The molecule has 0 unspecified atom stereocenters. The quantitative estimate of drug-likeness (QED) is 0.630. The summed E-state index contributed by atoms with van der Waals surface area (Å²) in [6, 6.07) is 5.83. The molecule has 1 amide bonds. The molecule has 23 heavy (non-hydrogen) atoms. The van der Waals surface area contributed by atoms with Gasteiger partial charge in [0.2, 0.25) is 12.7 Å². The first-order chi connectivity index (χ1) is 11.3. The summed E-state index contributed by atoms with van der Waals surface area (Å²) < 4.78 is 10.6. The van der Waals surface area contributed by atoms with Crippen molar-refractivity contribution >= 4 is 12.0 Å². The predicted molar refractivity (Wildman–Crippen MR) is 90.3 cm³/mol. The molecule has 2 aliphatic heterocycles. The van der Waals surface area contributed by atoms with Crippen molar-refractivity contribution in [1.29, 1.82) is 0 Å². The number of benzene rings is 1. The van der Waals surface area contributed by atoms with Gasteiger partial charge in [0.05, 0.1) is 0 Å². The number of carbonyl (C=O) groups is 1. The van der Waals surface area contributed by atoms with Crippen LogP contribution in [0.5, 0.6) is 11.5 Å². The van der Waals surface area contributed by atoms with Crippen LogP contribution >= 0.6 is 0 Å². The third-order valence-electron chi connectivity index (χ3n) is 3.93. The third-order valence-corrected chi connectivity index (χ3v) is 3.93. The summed E-state index contributed by atoms with van der Waals surface area (Å²) in [7, 11) is 0. The number of ether oxygens (including phenoxy) is 2. The van der Waals surface area contributed by atoms with Crippen molar-refractivity contribution in [2.45, 2.75) is 19.3 Å². The summed E-state index contributed by atoms with van der Waals surface area (Å²) in [5.41, 5.74) is 1.05. The Morgan fingerprint density at radius 3 is 2.61 bits per heavy atom. The van der Waals surface area contributed by atoms with Gasteiger partial charge in [0.1, 0.15) is 0 Å². The van der Waals surface area contributed by atoms with E-state index in [2.05, 4.69) is 0 Å². The van der Waals surface area contributed by atoms with Crippen LogP contribution in [0.25, 0.3) is 6.08 Å². The maximum atomic E-state index is 11.9. The fourth-order valence-electron chi connectivity index (χ4n) is 2.67. The molecule has 1 aromatic carbocycles. The Morgan fingerprint density at radius 1 is 0.957 bits per heavy atom. The molecule has 4 heteroatoms. The smallest absolute Gasteiger partial charge is 0.246 e. The minimum atomic E-state index is 0.106. The van der Waals surface area contributed by atoms with Crippen molar-refractivity contribution in [3.05, 3.63) is 54.1 Å². The highest BCUT2D eigenvalue weighted by molar-refractivity contribution is 5.87. The van der Waals surface area contributed by atoms with E-state index in [1.54, 1.807) is 12.2 Å². The molecule has 1 fully saturated rings. The Kier molecular flexibility index (Phi) is 5.14. The Morgan fingerprint density at radius 2 is 1.74 bits per heavy atom. The number of piperidine rings is 1. The van der Waals surface area contributed by atoms with E-state index in [1.807, 2.05) is 47.4 Å². The number of likely N-dealkylation sites (tertiary alicyclic amines) is 1. The molecule has 0 bridgehead atoms. The van der Waals surface area contributed by atoms with Gasteiger partial charge in [-0.25, -0.2) is 0 Å². The molecule has 0 spiro atoms. The monoisotopic (exact) mass is 311 g/mol. The Labute approximate surface area is 136 Å². The Hall–Kier alpha value is -2.49. The molecule has 0 saturated carbocycles. The number of amides is 1. The van der Waals surface area contributed by atoms with Gasteiger partial charge in [0.25, 0.3) is 0 Å². The summed E-state index contributed by atoms with van der Waals surface area (Å²) in [6.45, 7) is 2.06. The molecule has 1 aromatic rings. The first kappa shape index (κ1) is 15.4. The molecule has 4 nitrogen and oxygen atoms in total. The molecule has 0 aromatic heterocycles. The summed E-state index contributed by atoms with van der Waals surface area (Å²) in [5.74, 6) is 1.68. The van der Waals surface area contributed by atoms with Gasteiger partial charge >= 0.3 is 0 Å².